The van der Waals surface area contributed by atoms with Crippen LogP contribution in [0.3, 0.4) is 0 Å². The van der Waals surface area contributed by atoms with Crippen LogP contribution in [0.1, 0.15) is 43.6 Å². The van der Waals surface area contributed by atoms with E-state index in [1.807, 2.05) is 0 Å². The SMILES string of the molecule is CC1(C)O[C@@H]2[C@@H](CO[C@@]3(COC(=O)c4ccc(/C(=C\C(F)(F)F)C(F)(F)F)cc4)OC(C)(C)O[C@@H]23)O1. The topological polar surface area (TPSA) is 72.5 Å². The third-order valence-electron chi connectivity index (χ3n) is 5.72. The van der Waals surface area contributed by atoms with Crippen LogP contribution in [0.4, 0.5) is 26.3 Å². The van der Waals surface area contributed by atoms with Gasteiger partial charge in [0, 0.05) is 6.08 Å². The molecule has 7 nitrogen and oxygen atoms in total. The number of halogens is 6. The Hall–Kier alpha value is -2.19. The Morgan fingerprint density at radius 1 is 0.972 bits per heavy atom. The summed E-state index contributed by atoms with van der Waals surface area (Å²) >= 11 is 0. The van der Waals surface area contributed by atoms with E-state index in [1.165, 1.54) is 0 Å². The highest BCUT2D eigenvalue weighted by atomic mass is 19.4. The highest BCUT2D eigenvalue weighted by Crippen LogP contribution is 2.47. The molecule has 4 atom stereocenters. The lowest BCUT2D eigenvalue weighted by Crippen LogP contribution is -2.60. The first-order chi connectivity index (χ1) is 16.4. The lowest BCUT2D eigenvalue weighted by Gasteiger charge is -2.40. The first-order valence-electron chi connectivity index (χ1n) is 10.9. The van der Waals surface area contributed by atoms with Crippen molar-refractivity contribution in [3.05, 3.63) is 41.5 Å². The zero-order valence-corrected chi connectivity index (χ0v) is 19.7. The smallest absolute Gasteiger partial charge is 0.417 e. The maximum atomic E-state index is 13.1. The molecule has 0 aromatic heterocycles. The van der Waals surface area contributed by atoms with Crippen molar-refractivity contribution in [2.45, 2.75) is 75.7 Å². The van der Waals surface area contributed by atoms with Crippen LogP contribution < -0.4 is 0 Å². The van der Waals surface area contributed by atoms with Gasteiger partial charge in [-0.25, -0.2) is 4.79 Å². The van der Waals surface area contributed by atoms with Crippen LogP contribution in [0, 0.1) is 0 Å². The minimum atomic E-state index is -5.25. The quantitative estimate of drug-likeness (QED) is 0.414. The van der Waals surface area contributed by atoms with Crippen LogP contribution in [-0.4, -0.2) is 67.2 Å². The normalized spacial score (nSPS) is 31.6. The van der Waals surface area contributed by atoms with Crippen molar-refractivity contribution < 1.29 is 59.6 Å². The van der Waals surface area contributed by atoms with Crippen LogP contribution in [0.15, 0.2) is 30.3 Å². The van der Waals surface area contributed by atoms with E-state index in [-0.39, 0.29) is 12.2 Å². The summed E-state index contributed by atoms with van der Waals surface area (Å²) in [5, 5.41) is 0. The maximum absolute atomic E-state index is 13.1. The molecule has 0 aliphatic carbocycles. The number of esters is 1. The molecule has 1 aromatic carbocycles. The molecule has 0 bridgehead atoms. The molecule has 0 saturated carbocycles. The molecule has 3 fully saturated rings. The van der Waals surface area contributed by atoms with Crippen molar-refractivity contribution in [3.8, 4) is 0 Å². The molecule has 200 valence electrons. The predicted molar refractivity (Wildman–Crippen MR) is 109 cm³/mol. The molecule has 3 aliphatic heterocycles. The fraction of sp³-hybridized carbons (Fsp3) is 0.609. The van der Waals surface area contributed by atoms with Crippen LogP contribution in [0.2, 0.25) is 0 Å². The predicted octanol–water partition coefficient (Wildman–Crippen LogP) is 4.75. The number of hydrogen-bond donors (Lipinski definition) is 0. The average Bonchev–Trinajstić information content (AvgIpc) is 3.20. The number of ether oxygens (including phenoxy) is 6. The average molecular weight is 526 g/mol. The van der Waals surface area contributed by atoms with E-state index in [0.29, 0.717) is 0 Å². The second kappa shape index (κ2) is 8.69. The van der Waals surface area contributed by atoms with Gasteiger partial charge in [0.05, 0.1) is 17.7 Å². The van der Waals surface area contributed by atoms with E-state index in [1.54, 1.807) is 27.7 Å². The number of carbonyl (C=O) groups is 1. The highest BCUT2D eigenvalue weighted by molar-refractivity contribution is 5.90. The zero-order chi connectivity index (χ0) is 26.7. The summed E-state index contributed by atoms with van der Waals surface area (Å²) in [6.07, 6.45) is -13.1. The van der Waals surface area contributed by atoms with Crippen molar-refractivity contribution >= 4 is 11.5 Å². The summed E-state index contributed by atoms with van der Waals surface area (Å²) in [6, 6.07) is 3.39. The summed E-state index contributed by atoms with van der Waals surface area (Å²) in [6.45, 7) is 6.34. The van der Waals surface area contributed by atoms with E-state index < -0.39 is 77.8 Å². The van der Waals surface area contributed by atoms with Gasteiger partial charge >= 0.3 is 18.3 Å². The lowest BCUT2D eigenvalue weighted by atomic mass is 9.97. The van der Waals surface area contributed by atoms with Crippen molar-refractivity contribution in [1.82, 2.24) is 0 Å². The summed E-state index contributed by atoms with van der Waals surface area (Å²) < 4.78 is 112. The molecule has 0 radical (unpaired) electrons. The molecule has 36 heavy (non-hydrogen) atoms. The molecule has 1 aromatic rings. The van der Waals surface area contributed by atoms with Crippen molar-refractivity contribution in [3.63, 3.8) is 0 Å². The second-order valence-corrected chi connectivity index (χ2v) is 9.55. The summed E-state index contributed by atoms with van der Waals surface area (Å²) in [5.74, 6) is -4.52. The minimum Gasteiger partial charge on any atom is -0.456 e. The van der Waals surface area contributed by atoms with Gasteiger partial charge in [-0.3, -0.25) is 0 Å². The van der Waals surface area contributed by atoms with Gasteiger partial charge in [-0.15, -0.1) is 0 Å². The van der Waals surface area contributed by atoms with Gasteiger partial charge in [0.2, 0.25) is 5.79 Å². The van der Waals surface area contributed by atoms with Crippen molar-refractivity contribution in [2.75, 3.05) is 13.2 Å². The molecule has 3 heterocycles. The molecular formula is C23H24F6O7. The second-order valence-electron chi connectivity index (χ2n) is 9.55. The van der Waals surface area contributed by atoms with Gasteiger partial charge < -0.3 is 28.4 Å². The van der Waals surface area contributed by atoms with Crippen molar-refractivity contribution in [2.24, 2.45) is 0 Å². The van der Waals surface area contributed by atoms with Gasteiger partial charge in [-0.05, 0) is 45.4 Å². The third-order valence-corrected chi connectivity index (χ3v) is 5.72. The maximum Gasteiger partial charge on any atom is 0.417 e. The number of benzene rings is 1. The van der Waals surface area contributed by atoms with Gasteiger partial charge in [0.15, 0.2) is 11.6 Å². The first kappa shape index (κ1) is 26.9. The number of hydrogen-bond acceptors (Lipinski definition) is 7. The lowest BCUT2D eigenvalue weighted by molar-refractivity contribution is -0.293. The largest absolute Gasteiger partial charge is 0.456 e. The molecule has 4 rings (SSSR count). The summed E-state index contributed by atoms with van der Waals surface area (Å²) in [7, 11) is 0. The molecule has 13 heteroatoms. The minimum absolute atomic E-state index is 0.0576. The molecule has 0 unspecified atom stereocenters. The number of rotatable bonds is 4. The standard InChI is InChI=1S/C23H24F6O7/c1-19(2)33-15-10-32-21(17(16(15)34-19)35-20(3,4)36-21)11-31-18(30)13-7-5-12(6-8-13)14(23(27,28)29)9-22(24,25)26/h5-9,15-17H,10-11H2,1-4H3/b14-9+/t15-,16-,17+,21+/m1/s1. The zero-order valence-electron chi connectivity index (χ0n) is 19.7. The van der Waals surface area contributed by atoms with E-state index in [4.69, 9.17) is 28.4 Å². The first-order valence-corrected chi connectivity index (χ1v) is 10.9. The fourth-order valence-corrected chi connectivity index (χ4v) is 4.48. The van der Waals surface area contributed by atoms with Crippen LogP contribution in [-0.2, 0) is 28.4 Å². The van der Waals surface area contributed by atoms with E-state index in [9.17, 15) is 31.1 Å². The number of alkyl halides is 6. The summed E-state index contributed by atoms with van der Waals surface area (Å²) in [5.41, 5.74) is -2.83. The van der Waals surface area contributed by atoms with Gasteiger partial charge in [0.25, 0.3) is 0 Å². The van der Waals surface area contributed by atoms with Gasteiger partial charge in [-0.2, -0.15) is 26.3 Å². The van der Waals surface area contributed by atoms with Crippen LogP contribution in [0.25, 0.3) is 5.57 Å². The molecule has 0 spiro atoms. The Bertz CT molecular complexity index is 1030. The van der Waals surface area contributed by atoms with E-state index in [2.05, 4.69) is 0 Å². The van der Waals surface area contributed by atoms with Gasteiger partial charge in [-0.1, -0.05) is 12.1 Å². The number of allylic oxidation sites excluding steroid dienone is 2. The Morgan fingerprint density at radius 3 is 2.17 bits per heavy atom. The Labute approximate surface area is 202 Å². The molecule has 0 amide bonds. The molecule has 0 N–H and O–H groups in total. The number of carbonyl (C=O) groups excluding carboxylic acids is 1. The Morgan fingerprint density at radius 2 is 1.58 bits per heavy atom. The highest BCUT2D eigenvalue weighted by Gasteiger charge is 2.66. The summed E-state index contributed by atoms with van der Waals surface area (Å²) in [4.78, 5) is 12.6. The molecule has 3 saturated heterocycles. The number of fused-ring (bicyclic) bond motifs is 3. The van der Waals surface area contributed by atoms with Crippen LogP contribution in [0.5, 0.6) is 0 Å². The molecular weight excluding hydrogens is 502 g/mol. The third kappa shape index (κ3) is 5.54. The van der Waals surface area contributed by atoms with E-state index >= 15 is 0 Å². The van der Waals surface area contributed by atoms with E-state index in [0.717, 1.165) is 24.3 Å². The fourth-order valence-electron chi connectivity index (χ4n) is 4.48. The Balaban J connectivity index is 1.50. The van der Waals surface area contributed by atoms with Crippen LogP contribution >= 0.6 is 0 Å². The monoisotopic (exact) mass is 526 g/mol. The molecule has 3 aliphatic rings. The Kier molecular flexibility index (Phi) is 6.48. The van der Waals surface area contributed by atoms with Crippen molar-refractivity contribution in [1.29, 1.82) is 0 Å². The van der Waals surface area contributed by atoms with Gasteiger partial charge in [0.1, 0.15) is 24.9 Å².